The van der Waals surface area contributed by atoms with Gasteiger partial charge in [-0.15, -0.1) is 24.8 Å². The molecule has 120 valence electrons. The van der Waals surface area contributed by atoms with Gasteiger partial charge >= 0.3 is 0 Å². The minimum atomic E-state index is 0. The van der Waals surface area contributed by atoms with Crippen LogP contribution in [0, 0.1) is 5.92 Å². The molecule has 2 saturated heterocycles. The van der Waals surface area contributed by atoms with Crippen LogP contribution in [-0.2, 0) is 4.79 Å². The molecule has 4 atom stereocenters. The lowest BCUT2D eigenvalue weighted by molar-refractivity contribution is -0.133. The molecule has 0 aromatic carbocycles. The van der Waals surface area contributed by atoms with Gasteiger partial charge in [-0.3, -0.25) is 9.69 Å². The zero-order valence-corrected chi connectivity index (χ0v) is 14.4. The highest BCUT2D eigenvalue weighted by Crippen LogP contribution is 2.26. The first kappa shape index (κ1) is 20.0. The van der Waals surface area contributed by atoms with Crippen molar-refractivity contribution in [3.8, 4) is 0 Å². The molecule has 0 bridgehead atoms. The molecule has 0 spiro atoms. The third-order valence-electron chi connectivity index (χ3n) is 4.77. The van der Waals surface area contributed by atoms with Crippen LogP contribution in [0.25, 0.3) is 0 Å². The monoisotopic (exact) mass is 325 g/mol. The Balaban J connectivity index is 0.00000180. The van der Waals surface area contributed by atoms with E-state index in [4.69, 9.17) is 5.73 Å². The van der Waals surface area contributed by atoms with E-state index in [0.717, 1.165) is 13.0 Å². The summed E-state index contributed by atoms with van der Waals surface area (Å²) in [5.74, 6) is 0.788. The number of amides is 1. The standard InChI is InChI=1S/C14H27N3O.2ClH/c1-10-4-5-11(2)16(10)9-14(18)17-8-13(7-15)6-12(17)3;;/h10-13H,4-9,15H2,1-3H3;2*1H. The van der Waals surface area contributed by atoms with Gasteiger partial charge in [0.15, 0.2) is 0 Å². The van der Waals surface area contributed by atoms with E-state index in [2.05, 4.69) is 25.7 Å². The fraction of sp³-hybridized carbons (Fsp3) is 0.929. The topological polar surface area (TPSA) is 49.6 Å². The Kier molecular flexibility index (Phi) is 8.41. The second kappa shape index (κ2) is 8.42. The Morgan fingerprint density at radius 1 is 1.10 bits per heavy atom. The van der Waals surface area contributed by atoms with Crippen molar-refractivity contribution in [1.82, 2.24) is 9.80 Å². The molecule has 0 radical (unpaired) electrons. The molecule has 2 rings (SSSR count). The van der Waals surface area contributed by atoms with Crippen LogP contribution in [0.3, 0.4) is 0 Å². The van der Waals surface area contributed by atoms with Gasteiger partial charge in [0.25, 0.3) is 0 Å². The van der Waals surface area contributed by atoms with Crippen molar-refractivity contribution in [2.45, 2.75) is 58.2 Å². The zero-order chi connectivity index (χ0) is 13.3. The fourth-order valence-electron chi connectivity index (χ4n) is 3.47. The summed E-state index contributed by atoms with van der Waals surface area (Å²) in [5, 5.41) is 0. The van der Waals surface area contributed by atoms with Gasteiger partial charge in [-0.1, -0.05) is 0 Å². The lowest BCUT2D eigenvalue weighted by Gasteiger charge is -2.29. The number of carbonyl (C=O) groups excluding carboxylic acids is 1. The Hall–Kier alpha value is -0.0300. The van der Waals surface area contributed by atoms with Crippen LogP contribution < -0.4 is 5.73 Å². The maximum Gasteiger partial charge on any atom is 0.237 e. The molecule has 20 heavy (non-hydrogen) atoms. The van der Waals surface area contributed by atoms with Crippen LogP contribution >= 0.6 is 24.8 Å². The average molecular weight is 326 g/mol. The van der Waals surface area contributed by atoms with Crippen molar-refractivity contribution in [2.24, 2.45) is 11.7 Å². The maximum absolute atomic E-state index is 12.4. The number of hydrogen-bond acceptors (Lipinski definition) is 3. The van der Waals surface area contributed by atoms with Gasteiger partial charge in [-0.05, 0) is 52.5 Å². The summed E-state index contributed by atoms with van der Waals surface area (Å²) < 4.78 is 0. The highest BCUT2D eigenvalue weighted by molar-refractivity contribution is 5.85. The molecule has 0 aromatic heterocycles. The minimum absolute atomic E-state index is 0. The van der Waals surface area contributed by atoms with Crippen LogP contribution in [0.5, 0.6) is 0 Å². The van der Waals surface area contributed by atoms with E-state index in [9.17, 15) is 4.79 Å². The van der Waals surface area contributed by atoms with Crippen LogP contribution in [0.1, 0.15) is 40.0 Å². The van der Waals surface area contributed by atoms with Crippen LogP contribution in [-0.4, -0.2) is 53.5 Å². The van der Waals surface area contributed by atoms with Crippen molar-refractivity contribution in [2.75, 3.05) is 19.6 Å². The highest BCUT2D eigenvalue weighted by Gasteiger charge is 2.35. The Labute approximate surface area is 135 Å². The largest absolute Gasteiger partial charge is 0.339 e. The second-order valence-electron chi connectivity index (χ2n) is 6.18. The van der Waals surface area contributed by atoms with Crippen molar-refractivity contribution in [3.05, 3.63) is 0 Å². The van der Waals surface area contributed by atoms with E-state index in [1.54, 1.807) is 0 Å². The van der Waals surface area contributed by atoms with E-state index in [1.165, 1.54) is 12.8 Å². The summed E-state index contributed by atoms with van der Waals surface area (Å²) in [4.78, 5) is 16.8. The van der Waals surface area contributed by atoms with Gasteiger partial charge in [-0.2, -0.15) is 0 Å². The van der Waals surface area contributed by atoms with Crippen LogP contribution in [0.15, 0.2) is 0 Å². The molecule has 2 fully saturated rings. The molecule has 0 aliphatic carbocycles. The summed E-state index contributed by atoms with van der Waals surface area (Å²) in [5.41, 5.74) is 5.72. The molecule has 2 heterocycles. The Morgan fingerprint density at radius 3 is 2.10 bits per heavy atom. The lowest BCUT2D eigenvalue weighted by Crippen LogP contribution is -2.45. The Morgan fingerprint density at radius 2 is 1.65 bits per heavy atom. The van der Waals surface area contributed by atoms with E-state index in [-0.39, 0.29) is 24.8 Å². The van der Waals surface area contributed by atoms with Gasteiger partial charge in [0.1, 0.15) is 0 Å². The molecular weight excluding hydrogens is 297 g/mol. The smallest absolute Gasteiger partial charge is 0.237 e. The second-order valence-corrected chi connectivity index (χ2v) is 6.18. The van der Waals surface area contributed by atoms with Crippen molar-refractivity contribution >= 4 is 30.7 Å². The molecule has 2 aliphatic heterocycles. The molecule has 0 aromatic rings. The molecule has 2 N–H and O–H groups in total. The number of carbonyl (C=O) groups is 1. The van der Waals surface area contributed by atoms with Crippen LogP contribution in [0.4, 0.5) is 0 Å². The molecule has 6 heteroatoms. The van der Waals surface area contributed by atoms with Crippen molar-refractivity contribution in [3.63, 3.8) is 0 Å². The SMILES string of the molecule is CC1CC(CN)CN1C(=O)CN1C(C)CCC1C.Cl.Cl. The fourth-order valence-corrected chi connectivity index (χ4v) is 3.47. The quantitative estimate of drug-likeness (QED) is 0.862. The summed E-state index contributed by atoms with van der Waals surface area (Å²) in [6.45, 7) is 8.74. The molecular formula is C14H29Cl2N3O. The molecule has 4 unspecified atom stereocenters. The summed E-state index contributed by atoms with van der Waals surface area (Å²) in [7, 11) is 0. The van der Waals surface area contributed by atoms with Gasteiger partial charge in [-0.25, -0.2) is 0 Å². The third kappa shape index (κ3) is 4.23. The molecule has 0 saturated carbocycles. The van der Waals surface area contributed by atoms with Crippen molar-refractivity contribution in [1.29, 1.82) is 0 Å². The van der Waals surface area contributed by atoms with E-state index in [1.807, 2.05) is 4.90 Å². The van der Waals surface area contributed by atoms with Gasteiger partial charge < -0.3 is 10.6 Å². The molecule has 1 amide bonds. The van der Waals surface area contributed by atoms with Gasteiger partial charge in [0.05, 0.1) is 6.54 Å². The van der Waals surface area contributed by atoms with E-state index >= 15 is 0 Å². The molecule has 4 nitrogen and oxygen atoms in total. The number of rotatable bonds is 3. The van der Waals surface area contributed by atoms with Gasteiger partial charge in [0, 0.05) is 24.7 Å². The summed E-state index contributed by atoms with van der Waals surface area (Å²) in [6.07, 6.45) is 3.50. The zero-order valence-electron chi connectivity index (χ0n) is 12.7. The number of nitrogens with two attached hydrogens (primary N) is 1. The minimum Gasteiger partial charge on any atom is -0.339 e. The normalized spacial score (nSPS) is 33.7. The summed E-state index contributed by atoms with van der Waals surface area (Å²) in [6, 6.07) is 1.46. The average Bonchev–Trinajstić information content (AvgIpc) is 2.86. The lowest BCUT2D eigenvalue weighted by atomic mass is 10.1. The van der Waals surface area contributed by atoms with Crippen molar-refractivity contribution < 1.29 is 4.79 Å². The highest BCUT2D eigenvalue weighted by atomic mass is 35.5. The molecule has 2 aliphatic rings. The maximum atomic E-state index is 12.4. The third-order valence-corrected chi connectivity index (χ3v) is 4.77. The number of likely N-dealkylation sites (tertiary alicyclic amines) is 2. The van der Waals surface area contributed by atoms with E-state index in [0.29, 0.717) is 43.0 Å². The predicted molar refractivity (Wildman–Crippen MR) is 87.7 cm³/mol. The Bertz CT molecular complexity index is 307. The predicted octanol–water partition coefficient (Wildman–Crippen LogP) is 1.90. The number of halogens is 2. The van der Waals surface area contributed by atoms with Crippen LogP contribution in [0.2, 0.25) is 0 Å². The first-order valence-electron chi connectivity index (χ1n) is 7.28. The first-order chi connectivity index (χ1) is 8.52. The summed E-state index contributed by atoms with van der Waals surface area (Å²) >= 11 is 0. The number of nitrogens with zero attached hydrogens (tertiary/aromatic N) is 2. The first-order valence-corrected chi connectivity index (χ1v) is 7.28. The van der Waals surface area contributed by atoms with E-state index < -0.39 is 0 Å². The van der Waals surface area contributed by atoms with Gasteiger partial charge in [0.2, 0.25) is 5.91 Å². The number of hydrogen-bond donors (Lipinski definition) is 1.